The van der Waals surface area contributed by atoms with Gasteiger partial charge in [-0.25, -0.2) is 0 Å². The number of anilines is 2. The van der Waals surface area contributed by atoms with Crippen LogP contribution in [0.3, 0.4) is 0 Å². The number of hydrogen-bond acceptors (Lipinski definition) is 3. The van der Waals surface area contributed by atoms with E-state index in [0.29, 0.717) is 10.8 Å². The van der Waals surface area contributed by atoms with Crippen molar-refractivity contribution in [3.63, 3.8) is 0 Å². The second-order valence-corrected chi connectivity index (χ2v) is 4.51. The van der Waals surface area contributed by atoms with Crippen molar-refractivity contribution in [2.75, 3.05) is 10.6 Å². The summed E-state index contributed by atoms with van der Waals surface area (Å²) in [7, 11) is 0. The molecule has 104 valence electrons. The molecule has 2 aromatic carbocycles. The molecule has 0 aliphatic carbocycles. The summed E-state index contributed by atoms with van der Waals surface area (Å²) in [5.41, 5.74) is 2.28. The number of rotatable bonds is 3. The topological polar surface area (TPSA) is 67.2 Å². The monoisotopic (exact) mass is 297 g/mol. The smallest absolute Gasteiger partial charge is 0.269 e. The van der Waals surface area contributed by atoms with Gasteiger partial charge in [-0.3, -0.25) is 10.1 Å². The maximum atomic E-state index is 10.6. The summed E-state index contributed by atoms with van der Waals surface area (Å²) in [6.45, 7) is 0. The fourth-order valence-corrected chi connectivity index (χ4v) is 1.85. The number of non-ortho nitro benzene ring substituents is 1. The van der Waals surface area contributed by atoms with Crippen LogP contribution in [-0.4, -0.2) is 10.0 Å². The van der Waals surface area contributed by atoms with Gasteiger partial charge in [0.05, 0.1) is 4.92 Å². The number of hydrogen-bond donors (Lipinski definition) is 2. The summed E-state index contributed by atoms with van der Waals surface area (Å²) in [6, 6.07) is 13.2. The Bertz CT molecular complexity index is 703. The number of nitrogens with zero attached hydrogens (tertiary/aromatic N) is 1. The summed E-state index contributed by atoms with van der Waals surface area (Å²) in [6.07, 6.45) is 5.28. The number of thiocarbonyl (C=S) groups is 1. The van der Waals surface area contributed by atoms with Gasteiger partial charge in [-0.15, -0.1) is 6.42 Å². The third-order valence-corrected chi connectivity index (χ3v) is 2.85. The Morgan fingerprint density at radius 3 is 1.95 bits per heavy atom. The van der Waals surface area contributed by atoms with Crippen LogP contribution in [0.15, 0.2) is 48.5 Å². The molecule has 21 heavy (non-hydrogen) atoms. The average molecular weight is 297 g/mol. The highest BCUT2D eigenvalue weighted by Crippen LogP contribution is 2.16. The van der Waals surface area contributed by atoms with Crippen molar-refractivity contribution in [1.29, 1.82) is 0 Å². The predicted octanol–water partition coefficient (Wildman–Crippen LogP) is 3.39. The number of nitro groups is 1. The van der Waals surface area contributed by atoms with E-state index >= 15 is 0 Å². The first kappa shape index (κ1) is 14.5. The minimum absolute atomic E-state index is 0.0318. The van der Waals surface area contributed by atoms with Gasteiger partial charge in [0.25, 0.3) is 5.69 Å². The third-order valence-electron chi connectivity index (χ3n) is 2.65. The van der Waals surface area contributed by atoms with Gasteiger partial charge in [-0.1, -0.05) is 5.92 Å². The molecule has 0 radical (unpaired) electrons. The summed E-state index contributed by atoms with van der Waals surface area (Å²) < 4.78 is 0. The molecule has 2 N–H and O–H groups in total. The second kappa shape index (κ2) is 6.50. The molecule has 2 aromatic rings. The molecule has 0 spiro atoms. The lowest BCUT2D eigenvalue weighted by Crippen LogP contribution is -2.18. The average Bonchev–Trinajstić information content (AvgIpc) is 2.48. The Hall–Kier alpha value is -2.91. The van der Waals surface area contributed by atoms with Crippen molar-refractivity contribution < 1.29 is 4.92 Å². The van der Waals surface area contributed by atoms with E-state index in [1.54, 1.807) is 24.3 Å². The van der Waals surface area contributed by atoms with Crippen LogP contribution in [-0.2, 0) is 0 Å². The second-order valence-electron chi connectivity index (χ2n) is 4.10. The van der Waals surface area contributed by atoms with Crippen LogP contribution >= 0.6 is 12.2 Å². The molecule has 0 unspecified atom stereocenters. The summed E-state index contributed by atoms with van der Waals surface area (Å²) in [5.74, 6) is 2.53. The minimum atomic E-state index is -0.451. The maximum absolute atomic E-state index is 10.6. The molecule has 0 amide bonds. The first-order chi connectivity index (χ1) is 10.1. The zero-order chi connectivity index (χ0) is 15.2. The van der Waals surface area contributed by atoms with Crippen LogP contribution in [0, 0.1) is 22.5 Å². The van der Waals surface area contributed by atoms with E-state index in [4.69, 9.17) is 18.6 Å². The standard InChI is InChI=1S/C15H11N3O2S/c1-2-11-3-5-12(6-4-11)16-15(21)17-13-7-9-14(10-8-13)18(19)20/h1,3-10H,(H2,16,17,21). The normalized spacial score (nSPS) is 9.48. The van der Waals surface area contributed by atoms with Crippen LogP contribution in [0.5, 0.6) is 0 Å². The highest BCUT2D eigenvalue weighted by molar-refractivity contribution is 7.80. The zero-order valence-electron chi connectivity index (χ0n) is 10.9. The highest BCUT2D eigenvalue weighted by Gasteiger charge is 2.04. The van der Waals surface area contributed by atoms with E-state index in [1.807, 2.05) is 12.1 Å². The van der Waals surface area contributed by atoms with Gasteiger partial charge in [0, 0.05) is 29.1 Å². The Morgan fingerprint density at radius 2 is 1.52 bits per heavy atom. The van der Waals surface area contributed by atoms with Crippen molar-refractivity contribution in [2.45, 2.75) is 0 Å². The zero-order valence-corrected chi connectivity index (χ0v) is 11.7. The molecular formula is C15H11N3O2S. The van der Waals surface area contributed by atoms with E-state index in [9.17, 15) is 10.1 Å². The molecule has 6 heteroatoms. The first-order valence-electron chi connectivity index (χ1n) is 5.97. The fraction of sp³-hybridized carbons (Fsp3) is 0. The Kier molecular flexibility index (Phi) is 4.49. The fourth-order valence-electron chi connectivity index (χ4n) is 1.61. The van der Waals surface area contributed by atoms with Gasteiger partial charge in [0.15, 0.2) is 5.11 Å². The molecule has 0 saturated carbocycles. The molecular weight excluding hydrogens is 286 g/mol. The molecule has 0 aliphatic rings. The number of nitrogens with one attached hydrogen (secondary N) is 2. The summed E-state index contributed by atoms with van der Waals surface area (Å²) >= 11 is 5.17. The van der Waals surface area contributed by atoms with Crippen LogP contribution in [0.4, 0.5) is 17.1 Å². The molecule has 0 atom stereocenters. The quantitative estimate of drug-likeness (QED) is 0.393. The largest absolute Gasteiger partial charge is 0.332 e. The van der Waals surface area contributed by atoms with Gasteiger partial charge in [-0.05, 0) is 48.6 Å². The van der Waals surface area contributed by atoms with Gasteiger partial charge >= 0.3 is 0 Å². The van der Waals surface area contributed by atoms with Gasteiger partial charge in [0.1, 0.15) is 0 Å². The predicted molar refractivity (Wildman–Crippen MR) is 87.3 cm³/mol. The maximum Gasteiger partial charge on any atom is 0.269 e. The van der Waals surface area contributed by atoms with Crippen molar-refractivity contribution in [2.24, 2.45) is 0 Å². The molecule has 0 bridgehead atoms. The SMILES string of the molecule is C#Cc1ccc(NC(=S)Nc2ccc([N+](=O)[O-])cc2)cc1. The Balaban J connectivity index is 1.97. The summed E-state index contributed by atoms with van der Waals surface area (Å²) in [5, 5.41) is 16.9. The Labute approximate surface area is 127 Å². The molecule has 0 fully saturated rings. The van der Waals surface area contributed by atoms with Crippen molar-refractivity contribution >= 4 is 34.4 Å². The van der Waals surface area contributed by atoms with E-state index in [-0.39, 0.29) is 5.69 Å². The number of terminal acetylenes is 1. The van der Waals surface area contributed by atoms with Crippen molar-refractivity contribution in [3.8, 4) is 12.3 Å². The summed E-state index contributed by atoms with van der Waals surface area (Å²) in [4.78, 5) is 10.1. The third kappa shape index (κ3) is 4.03. The molecule has 5 nitrogen and oxygen atoms in total. The van der Waals surface area contributed by atoms with Crippen molar-refractivity contribution in [3.05, 3.63) is 64.2 Å². The number of benzene rings is 2. The molecule has 0 aliphatic heterocycles. The lowest BCUT2D eigenvalue weighted by atomic mass is 10.2. The lowest BCUT2D eigenvalue weighted by molar-refractivity contribution is -0.384. The number of nitro benzene ring substituents is 1. The van der Waals surface area contributed by atoms with E-state index in [0.717, 1.165) is 11.3 Å². The van der Waals surface area contributed by atoms with Gasteiger partial charge < -0.3 is 10.6 Å². The molecule has 0 heterocycles. The van der Waals surface area contributed by atoms with Crippen LogP contribution in [0.25, 0.3) is 0 Å². The van der Waals surface area contributed by atoms with Crippen LogP contribution in [0.2, 0.25) is 0 Å². The first-order valence-corrected chi connectivity index (χ1v) is 6.38. The van der Waals surface area contributed by atoms with E-state index in [1.165, 1.54) is 12.1 Å². The Morgan fingerprint density at radius 1 is 1.05 bits per heavy atom. The van der Waals surface area contributed by atoms with Gasteiger partial charge in [0.2, 0.25) is 0 Å². The minimum Gasteiger partial charge on any atom is -0.332 e. The van der Waals surface area contributed by atoms with Crippen LogP contribution in [0.1, 0.15) is 5.56 Å². The van der Waals surface area contributed by atoms with E-state index < -0.39 is 4.92 Å². The molecule has 0 saturated heterocycles. The highest BCUT2D eigenvalue weighted by atomic mass is 32.1. The van der Waals surface area contributed by atoms with Crippen molar-refractivity contribution in [1.82, 2.24) is 0 Å². The van der Waals surface area contributed by atoms with E-state index in [2.05, 4.69) is 16.6 Å². The van der Waals surface area contributed by atoms with Crippen LogP contribution < -0.4 is 10.6 Å². The lowest BCUT2D eigenvalue weighted by Gasteiger charge is -2.10. The van der Waals surface area contributed by atoms with Gasteiger partial charge in [-0.2, -0.15) is 0 Å². The molecule has 2 rings (SSSR count). The molecule has 0 aromatic heterocycles.